The fourth-order valence-corrected chi connectivity index (χ4v) is 4.50. The average Bonchev–Trinajstić information content (AvgIpc) is 3.23. The second-order valence-electron chi connectivity index (χ2n) is 7.73. The van der Waals surface area contributed by atoms with Crippen LogP contribution in [-0.2, 0) is 33.6 Å². The minimum Gasteiger partial charge on any atom is -0.496 e. The van der Waals surface area contributed by atoms with Gasteiger partial charge in [0.1, 0.15) is 5.75 Å². The van der Waals surface area contributed by atoms with Crippen LogP contribution in [0.3, 0.4) is 0 Å². The molecule has 0 N–H and O–H groups in total. The lowest BCUT2D eigenvalue weighted by atomic mass is 9.93. The molecule has 0 saturated heterocycles. The summed E-state index contributed by atoms with van der Waals surface area (Å²) in [6.07, 6.45) is 3.94. The van der Waals surface area contributed by atoms with Crippen LogP contribution in [0.4, 0.5) is 0 Å². The van der Waals surface area contributed by atoms with Crippen molar-refractivity contribution >= 4 is 11.8 Å². The number of fused-ring (bicyclic) bond motifs is 1. The lowest BCUT2D eigenvalue weighted by Crippen LogP contribution is -2.29. The largest absolute Gasteiger partial charge is 0.496 e. The molecule has 1 heterocycles. The van der Waals surface area contributed by atoms with Gasteiger partial charge in [-0.3, -0.25) is 4.79 Å². The molecule has 0 fully saturated rings. The lowest BCUT2D eigenvalue weighted by Gasteiger charge is -2.17. The molecule has 0 radical (unpaired) electrons. The van der Waals surface area contributed by atoms with Crippen molar-refractivity contribution in [3.05, 3.63) is 45.3 Å². The van der Waals surface area contributed by atoms with Crippen LogP contribution in [0.2, 0.25) is 0 Å². The Hall–Kier alpha value is -2.63. The molecule has 2 aromatic rings. The molecule has 0 saturated carbocycles. The first-order valence-corrected chi connectivity index (χ1v) is 10.2. The van der Waals surface area contributed by atoms with Crippen LogP contribution < -0.4 is 4.74 Å². The molecule has 0 spiro atoms. The fourth-order valence-electron chi connectivity index (χ4n) is 4.50. The zero-order valence-corrected chi connectivity index (χ0v) is 18.2. The molecule has 1 aromatic heterocycles. The number of methoxy groups -OCH3 is 1. The Morgan fingerprint density at radius 2 is 1.90 bits per heavy atom. The minimum atomic E-state index is -1.04. The van der Waals surface area contributed by atoms with Crippen LogP contribution >= 0.6 is 0 Å². The number of Topliss-reactive ketones (excluding diaryl/α,β-unsaturated/α-hetero) is 1. The van der Waals surface area contributed by atoms with E-state index >= 15 is 0 Å². The maximum Gasteiger partial charge on any atom is 0.338 e. The second-order valence-corrected chi connectivity index (χ2v) is 7.73. The molecule has 6 heteroatoms. The lowest BCUT2D eigenvalue weighted by molar-refractivity contribution is -0.150. The van der Waals surface area contributed by atoms with Crippen molar-refractivity contribution in [3.63, 3.8) is 0 Å². The van der Waals surface area contributed by atoms with Gasteiger partial charge in [-0.1, -0.05) is 6.07 Å². The second kappa shape index (κ2) is 8.39. The van der Waals surface area contributed by atoms with Crippen molar-refractivity contribution < 1.29 is 19.1 Å². The molecular formula is C23H30N2O4. The van der Waals surface area contributed by atoms with Crippen LogP contribution in [0.1, 0.15) is 65.5 Å². The predicted octanol–water partition coefficient (Wildman–Crippen LogP) is 3.59. The van der Waals surface area contributed by atoms with E-state index in [0.29, 0.717) is 0 Å². The highest BCUT2D eigenvalue weighted by Crippen LogP contribution is 2.37. The zero-order chi connectivity index (χ0) is 21.3. The Morgan fingerprint density at radius 3 is 2.52 bits per heavy atom. The third-order valence-corrected chi connectivity index (χ3v) is 5.81. The van der Waals surface area contributed by atoms with Gasteiger partial charge in [0.25, 0.3) is 0 Å². The van der Waals surface area contributed by atoms with Gasteiger partial charge in [-0.25, -0.2) is 9.48 Å². The molecule has 6 nitrogen and oxygen atoms in total. The number of ether oxygens (including phenoxy) is 2. The number of esters is 1. The highest BCUT2D eigenvalue weighted by Gasteiger charge is 2.31. The van der Waals surface area contributed by atoms with Crippen molar-refractivity contribution in [2.75, 3.05) is 13.7 Å². The molecule has 156 valence electrons. The molecular weight excluding hydrogens is 368 g/mol. The summed E-state index contributed by atoms with van der Waals surface area (Å²) in [6, 6.07) is 1.17. The summed E-state index contributed by atoms with van der Waals surface area (Å²) in [5, 5.41) is 4.55. The molecule has 0 amide bonds. The standard InChI is InChI=1S/C23H30N2O4/c1-7-29-23(27)21(16(5)26)25-15(4)20(14(3)24-25)12-17-11-13(2)22(28-6)19-10-8-9-18(17)19/h11,21H,7-10,12H2,1-6H3. The first-order chi connectivity index (χ1) is 13.8. The van der Waals surface area contributed by atoms with Crippen molar-refractivity contribution in [1.29, 1.82) is 0 Å². The Bertz CT molecular complexity index is 959. The van der Waals surface area contributed by atoms with Crippen LogP contribution in [0.5, 0.6) is 5.75 Å². The average molecular weight is 399 g/mol. The van der Waals surface area contributed by atoms with Crippen LogP contribution in [0, 0.1) is 20.8 Å². The van der Waals surface area contributed by atoms with Gasteiger partial charge < -0.3 is 9.47 Å². The van der Waals surface area contributed by atoms with E-state index in [1.165, 1.54) is 28.3 Å². The number of aromatic nitrogens is 2. The van der Waals surface area contributed by atoms with Gasteiger partial charge in [0.2, 0.25) is 6.04 Å². The summed E-state index contributed by atoms with van der Waals surface area (Å²) in [6.45, 7) is 9.28. The molecule has 1 aliphatic rings. The number of aryl methyl sites for hydroxylation is 2. The van der Waals surface area contributed by atoms with E-state index in [2.05, 4.69) is 18.1 Å². The van der Waals surface area contributed by atoms with E-state index in [0.717, 1.165) is 53.9 Å². The minimum absolute atomic E-state index is 0.228. The van der Waals surface area contributed by atoms with Gasteiger partial charge in [-0.15, -0.1) is 0 Å². The number of hydrogen-bond acceptors (Lipinski definition) is 5. The summed E-state index contributed by atoms with van der Waals surface area (Å²) in [4.78, 5) is 24.6. The summed E-state index contributed by atoms with van der Waals surface area (Å²) in [7, 11) is 1.73. The SMILES string of the molecule is CCOC(=O)C(C(C)=O)n1nc(C)c(Cc2cc(C)c(OC)c3c2CCC3)c1C. The number of rotatable bonds is 7. The molecule has 1 atom stereocenters. The fraction of sp³-hybridized carbons (Fsp3) is 0.522. The van der Waals surface area contributed by atoms with E-state index in [-0.39, 0.29) is 12.4 Å². The Balaban J connectivity index is 2.03. The van der Waals surface area contributed by atoms with Gasteiger partial charge in [-0.05, 0) is 76.1 Å². The van der Waals surface area contributed by atoms with Gasteiger partial charge in [-0.2, -0.15) is 5.10 Å². The molecule has 3 rings (SSSR count). The van der Waals surface area contributed by atoms with Crippen molar-refractivity contribution in [2.24, 2.45) is 0 Å². The van der Waals surface area contributed by atoms with Crippen molar-refractivity contribution in [1.82, 2.24) is 9.78 Å². The zero-order valence-electron chi connectivity index (χ0n) is 18.2. The van der Waals surface area contributed by atoms with E-state index in [4.69, 9.17) is 9.47 Å². The number of carbonyl (C=O) groups excluding carboxylic acids is 2. The number of carbonyl (C=O) groups is 2. The van der Waals surface area contributed by atoms with E-state index in [9.17, 15) is 9.59 Å². The summed E-state index contributed by atoms with van der Waals surface area (Å²) < 4.78 is 12.3. The Labute approximate surface area is 172 Å². The normalized spacial score (nSPS) is 13.9. The van der Waals surface area contributed by atoms with E-state index < -0.39 is 12.0 Å². The van der Waals surface area contributed by atoms with Gasteiger partial charge in [0, 0.05) is 17.7 Å². The number of nitrogens with zero attached hydrogens (tertiary/aromatic N) is 2. The number of benzene rings is 1. The maximum absolute atomic E-state index is 12.4. The first kappa shape index (κ1) is 21.1. The van der Waals surface area contributed by atoms with E-state index in [1.54, 1.807) is 14.0 Å². The molecule has 1 unspecified atom stereocenters. The third-order valence-electron chi connectivity index (χ3n) is 5.81. The van der Waals surface area contributed by atoms with Crippen LogP contribution in [0.25, 0.3) is 0 Å². The first-order valence-electron chi connectivity index (χ1n) is 10.2. The van der Waals surface area contributed by atoms with Crippen LogP contribution in [0.15, 0.2) is 6.07 Å². The highest BCUT2D eigenvalue weighted by atomic mass is 16.5. The predicted molar refractivity (Wildman–Crippen MR) is 111 cm³/mol. The van der Waals surface area contributed by atoms with Crippen molar-refractivity contribution in [2.45, 2.75) is 66.3 Å². The Kier molecular flexibility index (Phi) is 6.10. The summed E-state index contributed by atoms with van der Waals surface area (Å²) in [5.41, 5.74) is 7.82. The quantitative estimate of drug-likeness (QED) is 0.527. The van der Waals surface area contributed by atoms with E-state index in [1.807, 2.05) is 13.8 Å². The van der Waals surface area contributed by atoms with Gasteiger partial charge in [0.15, 0.2) is 5.78 Å². The van der Waals surface area contributed by atoms with Gasteiger partial charge >= 0.3 is 5.97 Å². The molecule has 0 aliphatic heterocycles. The summed E-state index contributed by atoms with van der Waals surface area (Å²) >= 11 is 0. The molecule has 1 aromatic carbocycles. The third kappa shape index (κ3) is 3.80. The molecule has 29 heavy (non-hydrogen) atoms. The Morgan fingerprint density at radius 1 is 1.21 bits per heavy atom. The van der Waals surface area contributed by atoms with Crippen LogP contribution in [-0.4, -0.2) is 35.2 Å². The number of ketones is 1. The number of hydrogen-bond donors (Lipinski definition) is 0. The maximum atomic E-state index is 12.4. The molecule has 0 bridgehead atoms. The highest BCUT2D eigenvalue weighted by molar-refractivity contribution is 5.99. The smallest absolute Gasteiger partial charge is 0.338 e. The molecule has 1 aliphatic carbocycles. The van der Waals surface area contributed by atoms with Crippen molar-refractivity contribution in [3.8, 4) is 5.75 Å². The summed E-state index contributed by atoms with van der Waals surface area (Å²) in [5.74, 6) is 0.171. The van der Waals surface area contributed by atoms with Gasteiger partial charge in [0.05, 0.1) is 19.4 Å². The monoisotopic (exact) mass is 398 g/mol. The topological polar surface area (TPSA) is 70.4 Å².